The highest BCUT2D eigenvalue weighted by molar-refractivity contribution is 7.13. The topological polar surface area (TPSA) is 54.9 Å². The van der Waals surface area contributed by atoms with E-state index in [9.17, 15) is 4.79 Å². The predicted molar refractivity (Wildman–Crippen MR) is 93.9 cm³/mol. The van der Waals surface area contributed by atoms with Crippen molar-refractivity contribution in [2.75, 3.05) is 5.32 Å². The molecule has 23 heavy (non-hydrogen) atoms. The van der Waals surface area contributed by atoms with Crippen molar-refractivity contribution in [1.29, 1.82) is 0 Å². The molecule has 4 nitrogen and oxygen atoms in total. The molecule has 3 rings (SSSR count). The number of hydrogen-bond donors (Lipinski definition) is 1. The van der Waals surface area contributed by atoms with Gasteiger partial charge in [0.05, 0.1) is 0 Å². The Hall–Kier alpha value is -2.53. The number of carbonyl (C=O) groups is 1. The van der Waals surface area contributed by atoms with E-state index in [0.29, 0.717) is 11.5 Å². The molecule has 0 saturated heterocycles. The lowest BCUT2D eigenvalue weighted by Gasteiger charge is -2.02. The van der Waals surface area contributed by atoms with Gasteiger partial charge in [0.15, 0.2) is 0 Å². The van der Waals surface area contributed by atoms with Crippen molar-refractivity contribution >= 4 is 23.1 Å². The minimum Gasteiger partial charge on any atom is -0.305 e. The molecule has 2 heterocycles. The van der Waals surface area contributed by atoms with E-state index in [4.69, 9.17) is 0 Å². The number of carbonyl (C=O) groups excluding carboxylic acids is 1. The molecule has 0 saturated carbocycles. The SMILES string of the molecule is CCc1ccc(-c2nc(C(=O)Nc3cc(C)ccn3)cs2)cc1. The zero-order valence-corrected chi connectivity index (χ0v) is 13.9. The molecule has 0 aliphatic heterocycles. The molecule has 116 valence electrons. The van der Waals surface area contributed by atoms with Gasteiger partial charge in [-0.2, -0.15) is 0 Å². The molecule has 2 aromatic heterocycles. The van der Waals surface area contributed by atoms with E-state index in [1.54, 1.807) is 11.6 Å². The number of nitrogens with one attached hydrogen (secondary N) is 1. The maximum atomic E-state index is 12.3. The molecular formula is C18H17N3OS. The summed E-state index contributed by atoms with van der Waals surface area (Å²) in [5.41, 5.74) is 3.77. The molecule has 1 amide bonds. The van der Waals surface area contributed by atoms with Crippen LogP contribution in [0.1, 0.15) is 28.5 Å². The third-order valence-electron chi connectivity index (χ3n) is 3.50. The van der Waals surface area contributed by atoms with E-state index in [0.717, 1.165) is 22.6 Å². The lowest BCUT2D eigenvalue weighted by molar-refractivity contribution is 0.102. The van der Waals surface area contributed by atoms with Crippen LogP contribution in [-0.4, -0.2) is 15.9 Å². The van der Waals surface area contributed by atoms with E-state index in [-0.39, 0.29) is 5.91 Å². The zero-order chi connectivity index (χ0) is 16.2. The molecule has 0 unspecified atom stereocenters. The first-order valence-corrected chi connectivity index (χ1v) is 8.32. The Morgan fingerprint density at radius 1 is 1.22 bits per heavy atom. The Morgan fingerprint density at radius 3 is 2.70 bits per heavy atom. The minimum atomic E-state index is -0.240. The van der Waals surface area contributed by atoms with Crippen LogP contribution >= 0.6 is 11.3 Å². The molecule has 0 radical (unpaired) electrons. The van der Waals surface area contributed by atoms with Gasteiger partial charge in [-0.05, 0) is 36.6 Å². The van der Waals surface area contributed by atoms with E-state index in [1.807, 2.05) is 31.2 Å². The summed E-state index contributed by atoms with van der Waals surface area (Å²) >= 11 is 1.47. The summed E-state index contributed by atoms with van der Waals surface area (Å²) in [6.07, 6.45) is 2.68. The molecule has 0 atom stereocenters. The number of thiazole rings is 1. The molecule has 3 aromatic rings. The molecule has 5 heteroatoms. The first-order chi connectivity index (χ1) is 11.2. The van der Waals surface area contributed by atoms with Crippen molar-refractivity contribution in [2.45, 2.75) is 20.3 Å². The van der Waals surface area contributed by atoms with Crippen molar-refractivity contribution in [3.8, 4) is 10.6 Å². The summed E-state index contributed by atoms with van der Waals surface area (Å²) in [7, 11) is 0. The van der Waals surface area contributed by atoms with Gasteiger partial charge in [0, 0.05) is 17.1 Å². The van der Waals surface area contributed by atoms with Gasteiger partial charge in [-0.1, -0.05) is 31.2 Å². The minimum absolute atomic E-state index is 0.240. The average molecular weight is 323 g/mol. The number of rotatable bonds is 4. The fourth-order valence-electron chi connectivity index (χ4n) is 2.18. The highest BCUT2D eigenvalue weighted by Crippen LogP contribution is 2.24. The standard InChI is InChI=1S/C18H17N3OS/c1-3-13-4-6-14(7-5-13)18-20-15(11-23-18)17(22)21-16-10-12(2)8-9-19-16/h4-11H,3H2,1-2H3,(H,19,21,22). The van der Waals surface area contributed by atoms with Crippen LogP contribution in [-0.2, 0) is 6.42 Å². The second-order valence-electron chi connectivity index (χ2n) is 5.26. The Kier molecular flexibility index (Phi) is 4.48. The number of hydrogen-bond acceptors (Lipinski definition) is 4. The quantitative estimate of drug-likeness (QED) is 0.777. The summed E-state index contributed by atoms with van der Waals surface area (Å²) in [4.78, 5) is 20.8. The Morgan fingerprint density at radius 2 is 2.00 bits per heavy atom. The molecule has 0 aliphatic carbocycles. The second-order valence-corrected chi connectivity index (χ2v) is 6.12. The summed E-state index contributed by atoms with van der Waals surface area (Å²) in [6, 6.07) is 12.0. The third-order valence-corrected chi connectivity index (χ3v) is 4.39. The van der Waals surface area contributed by atoms with Crippen molar-refractivity contribution in [2.24, 2.45) is 0 Å². The summed E-state index contributed by atoms with van der Waals surface area (Å²) in [5.74, 6) is 0.299. The highest BCUT2D eigenvalue weighted by atomic mass is 32.1. The molecule has 0 spiro atoms. The fraction of sp³-hybridized carbons (Fsp3) is 0.167. The van der Waals surface area contributed by atoms with Gasteiger partial charge < -0.3 is 5.32 Å². The number of amides is 1. The molecule has 1 aromatic carbocycles. The van der Waals surface area contributed by atoms with E-state index in [2.05, 4.69) is 34.3 Å². The molecule has 0 bridgehead atoms. The van der Waals surface area contributed by atoms with Crippen LogP contribution < -0.4 is 5.32 Å². The average Bonchev–Trinajstić information content (AvgIpc) is 3.05. The third kappa shape index (κ3) is 3.63. The van der Waals surface area contributed by atoms with Crippen molar-refractivity contribution in [1.82, 2.24) is 9.97 Å². The first-order valence-electron chi connectivity index (χ1n) is 7.44. The van der Waals surface area contributed by atoms with Crippen LogP contribution in [0.3, 0.4) is 0 Å². The van der Waals surface area contributed by atoms with Crippen LogP contribution in [0.4, 0.5) is 5.82 Å². The van der Waals surface area contributed by atoms with Gasteiger partial charge in [0.2, 0.25) is 0 Å². The zero-order valence-electron chi connectivity index (χ0n) is 13.0. The lowest BCUT2D eigenvalue weighted by Crippen LogP contribution is -2.13. The van der Waals surface area contributed by atoms with Crippen LogP contribution in [0.5, 0.6) is 0 Å². The molecule has 1 N–H and O–H groups in total. The monoisotopic (exact) mass is 323 g/mol. The van der Waals surface area contributed by atoms with Gasteiger partial charge in [-0.25, -0.2) is 9.97 Å². The van der Waals surface area contributed by atoms with Gasteiger partial charge >= 0.3 is 0 Å². The second kappa shape index (κ2) is 6.71. The van der Waals surface area contributed by atoms with E-state index in [1.165, 1.54) is 16.9 Å². The predicted octanol–water partition coefficient (Wildman–Crippen LogP) is 4.33. The fourth-order valence-corrected chi connectivity index (χ4v) is 2.98. The smallest absolute Gasteiger partial charge is 0.276 e. The number of anilines is 1. The lowest BCUT2D eigenvalue weighted by atomic mass is 10.1. The Bertz CT molecular complexity index is 824. The van der Waals surface area contributed by atoms with Crippen molar-refractivity contribution in [3.63, 3.8) is 0 Å². The van der Waals surface area contributed by atoms with Gasteiger partial charge in [0.25, 0.3) is 5.91 Å². The molecular weight excluding hydrogens is 306 g/mol. The van der Waals surface area contributed by atoms with E-state index < -0.39 is 0 Å². The number of benzene rings is 1. The maximum absolute atomic E-state index is 12.3. The number of pyridine rings is 1. The highest BCUT2D eigenvalue weighted by Gasteiger charge is 2.12. The number of nitrogens with zero attached hydrogens (tertiary/aromatic N) is 2. The number of aromatic nitrogens is 2. The van der Waals surface area contributed by atoms with Gasteiger partial charge in [-0.15, -0.1) is 11.3 Å². The first kappa shape index (κ1) is 15.4. The summed E-state index contributed by atoms with van der Waals surface area (Å²) in [6.45, 7) is 4.08. The summed E-state index contributed by atoms with van der Waals surface area (Å²) in [5, 5.41) is 5.39. The van der Waals surface area contributed by atoms with Crippen LogP contribution in [0.25, 0.3) is 10.6 Å². The Labute approximate surface area is 139 Å². The number of aryl methyl sites for hydroxylation is 2. The molecule has 0 aliphatic rings. The van der Waals surface area contributed by atoms with Crippen LogP contribution in [0, 0.1) is 6.92 Å². The van der Waals surface area contributed by atoms with Crippen LogP contribution in [0.2, 0.25) is 0 Å². The normalized spacial score (nSPS) is 10.5. The van der Waals surface area contributed by atoms with Crippen molar-refractivity contribution in [3.05, 3.63) is 64.8 Å². The van der Waals surface area contributed by atoms with Crippen molar-refractivity contribution < 1.29 is 4.79 Å². The largest absolute Gasteiger partial charge is 0.305 e. The molecule has 0 fully saturated rings. The van der Waals surface area contributed by atoms with Crippen LogP contribution in [0.15, 0.2) is 48.0 Å². The maximum Gasteiger partial charge on any atom is 0.276 e. The van der Waals surface area contributed by atoms with E-state index >= 15 is 0 Å². The summed E-state index contributed by atoms with van der Waals surface area (Å²) < 4.78 is 0. The van der Waals surface area contributed by atoms with Gasteiger partial charge in [0.1, 0.15) is 16.5 Å². The Balaban J connectivity index is 1.76. The van der Waals surface area contributed by atoms with Gasteiger partial charge in [-0.3, -0.25) is 4.79 Å².